The van der Waals surface area contributed by atoms with Crippen molar-refractivity contribution in [2.24, 2.45) is 5.92 Å². The number of carbonyl (C=O) groups is 1. The van der Waals surface area contributed by atoms with Gasteiger partial charge in [0.25, 0.3) is 5.91 Å². The van der Waals surface area contributed by atoms with Crippen LogP contribution in [0.2, 0.25) is 0 Å². The third kappa shape index (κ3) is 4.40. The first-order valence-corrected chi connectivity index (χ1v) is 9.72. The topological polar surface area (TPSA) is 85.5 Å². The number of ether oxygens (including phenoxy) is 3. The van der Waals surface area contributed by atoms with Crippen LogP contribution >= 0.6 is 0 Å². The summed E-state index contributed by atoms with van der Waals surface area (Å²) in [5, 5.41) is 10.6. The highest BCUT2D eigenvalue weighted by molar-refractivity contribution is 6.10. The van der Waals surface area contributed by atoms with E-state index in [1.165, 1.54) is 14.2 Å². The van der Waals surface area contributed by atoms with Gasteiger partial charge in [-0.2, -0.15) is 5.10 Å². The van der Waals surface area contributed by atoms with Gasteiger partial charge in [-0.05, 0) is 36.6 Å². The van der Waals surface area contributed by atoms with Crippen molar-refractivity contribution in [1.82, 2.24) is 10.2 Å². The number of rotatable bonds is 8. The summed E-state index contributed by atoms with van der Waals surface area (Å²) in [7, 11) is 4.66. The number of anilines is 1. The standard InChI is InChI=1S/C23H27N3O4/c1-14(2)12-17-22(21(26-25-17)15-8-6-9-16(13-15)28-3)24-23(27)20-18(29-4)10-7-11-19(20)30-5/h6-11,13-14H,12H2,1-5H3,(H,24,27)(H,25,26). The Bertz CT molecular complexity index is 1000. The van der Waals surface area contributed by atoms with Crippen LogP contribution in [0.4, 0.5) is 5.69 Å². The summed E-state index contributed by atoms with van der Waals surface area (Å²) >= 11 is 0. The van der Waals surface area contributed by atoms with Crippen LogP contribution in [0.25, 0.3) is 11.3 Å². The zero-order chi connectivity index (χ0) is 21.7. The molecule has 7 nitrogen and oxygen atoms in total. The van der Waals surface area contributed by atoms with Crippen molar-refractivity contribution in [3.63, 3.8) is 0 Å². The lowest BCUT2D eigenvalue weighted by Gasteiger charge is -2.14. The van der Waals surface area contributed by atoms with Crippen molar-refractivity contribution < 1.29 is 19.0 Å². The van der Waals surface area contributed by atoms with Crippen LogP contribution in [0.15, 0.2) is 42.5 Å². The molecule has 3 aromatic rings. The molecule has 0 radical (unpaired) electrons. The lowest BCUT2D eigenvalue weighted by Crippen LogP contribution is -2.16. The van der Waals surface area contributed by atoms with Crippen LogP contribution < -0.4 is 19.5 Å². The van der Waals surface area contributed by atoms with Gasteiger partial charge in [-0.1, -0.05) is 32.0 Å². The fourth-order valence-corrected chi connectivity index (χ4v) is 3.30. The van der Waals surface area contributed by atoms with Gasteiger partial charge in [0.1, 0.15) is 28.5 Å². The summed E-state index contributed by atoms with van der Waals surface area (Å²) in [6.07, 6.45) is 0.732. The molecule has 1 amide bonds. The van der Waals surface area contributed by atoms with Gasteiger partial charge in [0.05, 0.1) is 32.7 Å². The lowest BCUT2D eigenvalue weighted by molar-refractivity contribution is 0.102. The van der Waals surface area contributed by atoms with Crippen molar-refractivity contribution in [3.8, 4) is 28.5 Å². The Morgan fingerprint density at radius 2 is 1.70 bits per heavy atom. The maximum absolute atomic E-state index is 13.3. The van der Waals surface area contributed by atoms with E-state index in [-0.39, 0.29) is 5.91 Å². The van der Waals surface area contributed by atoms with Gasteiger partial charge in [-0.25, -0.2) is 0 Å². The van der Waals surface area contributed by atoms with Gasteiger partial charge < -0.3 is 19.5 Å². The van der Waals surface area contributed by atoms with E-state index < -0.39 is 0 Å². The Morgan fingerprint density at radius 3 is 2.30 bits per heavy atom. The molecule has 1 heterocycles. The molecule has 0 aliphatic heterocycles. The van der Waals surface area contributed by atoms with Crippen molar-refractivity contribution >= 4 is 11.6 Å². The Balaban J connectivity index is 2.06. The molecule has 0 fully saturated rings. The third-order valence-corrected chi connectivity index (χ3v) is 4.69. The molecule has 0 saturated carbocycles. The average molecular weight is 409 g/mol. The fourth-order valence-electron chi connectivity index (χ4n) is 3.30. The molecule has 0 atom stereocenters. The summed E-state index contributed by atoms with van der Waals surface area (Å²) in [4.78, 5) is 13.3. The molecule has 30 heavy (non-hydrogen) atoms. The first-order valence-electron chi connectivity index (χ1n) is 9.72. The minimum absolute atomic E-state index is 0.329. The monoisotopic (exact) mass is 409 g/mol. The summed E-state index contributed by atoms with van der Waals surface area (Å²) in [5.41, 5.74) is 3.30. The zero-order valence-corrected chi connectivity index (χ0v) is 17.9. The number of amides is 1. The number of aromatic amines is 1. The second kappa shape index (κ2) is 9.35. The highest BCUT2D eigenvalue weighted by Crippen LogP contribution is 2.34. The summed E-state index contributed by atoms with van der Waals surface area (Å²) < 4.78 is 16.1. The normalized spacial score (nSPS) is 10.7. The largest absolute Gasteiger partial charge is 0.497 e. The zero-order valence-electron chi connectivity index (χ0n) is 17.9. The maximum Gasteiger partial charge on any atom is 0.263 e. The van der Waals surface area contributed by atoms with Crippen molar-refractivity contribution in [1.29, 1.82) is 0 Å². The molecule has 0 bridgehead atoms. The Morgan fingerprint density at radius 1 is 1.03 bits per heavy atom. The molecule has 3 rings (SSSR count). The molecule has 7 heteroatoms. The Kier molecular flexibility index (Phi) is 6.61. The molecule has 1 aromatic heterocycles. The number of aromatic nitrogens is 2. The smallest absolute Gasteiger partial charge is 0.263 e. The van der Waals surface area contributed by atoms with E-state index in [0.717, 1.165) is 17.7 Å². The number of hydrogen-bond donors (Lipinski definition) is 2. The molecule has 2 aromatic carbocycles. The number of nitrogens with one attached hydrogen (secondary N) is 2. The minimum Gasteiger partial charge on any atom is -0.497 e. The van der Waals surface area contributed by atoms with Crippen LogP contribution in [0.3, 0.4) is 0 Å². The second-order valence-electron chi connectivity index (χ2n) is 7.25. The summed E-state index contributed by atoms with van der Waals surface area (Å²) in [6, 6.07) is 12.8. The highest BCUT2D eigenvalue weighted by atomic mass is 16.5. The second-order valence-corrected chi connectivity index (χ2v) is 7.25. The van der Waals surface area contributed by atoms with Crippen LogP contribution in [0.1, 0.15) is 29.9 Å². The summed E-state index contributed by atoms with van der Waals surface area (Å²) in [5.74, 6) is 1.62. The molecule has 0 aliphatic rings. The van der Waals surface area contributed by atoms with Crippen LogP contribution in [-0.2, 0) is 6.42 Å². The third-order valence-electron chi connectivity index (χ3n) is 4.69. The number of nitrogens with zero attached hydrogens (tertiary/aromatic N) is 1. The minimum atomic E-state index is -0.333. The number of H-pyrrole nitrogens is 1. The molecule has 0 spiro atoms. The number of benzene rings is 2. The van der Waals surface area contributed by atoms with Crippen LogP contribution in [0.5, 0.6) is 17.2 Å². The van der Waals surface area contributed by atoms with Gasteiger partial charge in [-0.3, -0.25) is 9.89 Å². The van der Waals surface area contributed by atoms with E-state index >= 15 is 0 Å². The SMILES string of the molecule is COc1cccc(-c2n[nH]c(CC(C)C)c2NC(=O)c2c(OC)cccc2OC)c1. The first kappa shape index (κ1) is 21.2. The predicted octanol–water partition coefficient (Wildman–Crippen LogP) is 4.55. The van der Waals surface area contributed by atoms with E-state index in [2.05, 4.69) is 29.4 Å². The van der Waals surface area contributed by atoms with Crippen LogP contribution in [0, 0.1) is 5.92 Å². The van der Waals surface area contributed by atoms with Crippen molar-refractivity contribution in [2.45, 2.75) is 20.3 Å². The molecule has 2 N–H and O–H groups in total. The fraction of sp³-hybridized carbons (Fsp3) is 0.304. The average Bonchev–Trinajstić information content (AvgIpc) is 3.14. The van der Waals surface area contributed by atoms with E-state index in [1.807, 2.05) is 24.3 Å². The maximum atomic E-state index is 13.3. The summed E-state index contributed by atoms with van der Waals surface area (Å²) in [6.45, 7) is 4.22. The number of hydrogen-bond acceptors (Lipinski definition) is 5. The van der Waals surface area contributed by atoms with E-state index in [0.29, 0.717) is 40.1 Å². The molecule has 158 valence electrons. The van der Waals surface area contributed by atoms with Crippen molar-refractivity contribution in [2.75, 3.05) is 26.6 Å². The molecule has 0 saturated heterocycles. The lowest BCUT2D eigenvalue weighted by atomic mass is 10.0. The molecule has 0 unspecified atom stereocenters. The number of carbonyl (C=O) groups excluding carboxylic acids is 1. The first-order chi connectivity index (χ1) is 14.5. The van der Waals surface area contributed by atoms with E-state index in [4.69, 9.17) is 14.2 Å². The van der Waals surface area contributed by atoms with Gasteiger partial charge in [-0.15, -0.1) is 0 Å². The molecular weight excluding hydrogens is 382 g/mol. The van der Waals surface area contributed by atoms with Gasteiger partial charge in [0.15, 0.2) is 0 Å². The predicted molar refractivity (Wildman–Crippen MR) is 117 cm³/mol. The van der Waals surface area contributed by atoms with Gasteiger partial charge in [0, 0.05) is 5.56 Å². The Labute approximate surface area is 176 Å². The molecule has 0 aliphatic carbocycles. The van der Waals surface area contributed by atoms with Gasteiger partial charge >= 0.3 is 0 Å². The van der Waals surface area contributed by atoms with E-state index in [1.54, 1.807) is 25.3 Å². The van der Waals surface area contributed by atoms with E-state index in [9.17, 15) is 4.79 Å². The van der Waals surface area contributed by atoms with Crippen molar-refractivity contribution in [3.05, 3.63) is 53.7 Å². The molecular formula is C23H27N3O4. The van der Waals surface area contributed by atoms with Gasteiger partial charge in [0.2, 0.25) is 0 Å². The van der Waals surface area contributed by atoms with Crippen LogP contribution in [-0.4, -0.2) is 37.4 Å². The number of methoxy groups -OCH3 is 3. The Hall–Kier alpha value is -3.48. The highest BCUT2D eigenvalue weighted by Gasteiger charge is 2.23. The quantitative estimate of drug-likeness (QED) is 0.570.